The maximum absolute atomic E-state index is 10.2. The van der Waals surface area contributed by atoms with Crippen molar-refractivity contribution in [3.05, 3.63) is 34.3 Å². The third-order valence-electron chi connectivity index (χ3n) is 1.89. The molecule has 0 spiro atoms. The molecule has 0 radical (unpaired) electrons. The molecule has 0 aliphatic heterocycles. The Labute approximate surface area is 97.2 Å². The van der Waals surface area contributed by atoms with Gasteiger partial charge in [-0.05, 0) is 18.1 Å². The quantitative estimate of drug-likeness (QED) is 0.811. The molecule has 0 fully saturated rings. The zero-order chi connectivity index (χ0) is 11.1. The Hall–Kier alpha value is -0.870. The predicted molar refractivity (Wildman–Crippen MR) is 60.7 cm³/mol. The zero-order valence-corrected chi connectivity index (χ0v) is 9.87. The smallest absolute Gasteiger partial charge is 0.303 e. The van der Waals surface area contributed by atoms with Gasteiger partial charge in [-0.1, -0.05) is 34.1 Å². The summed E-state index contributed by atoms with van der Waals surface area (Å²) in [6.07, 6.45) is 0.718. The minimum atomic E-state index is -0.778. The molecule has 1 rings (SSSR count). The molecule has 0 unspecified atom stereocenters. The third kappa shape index (κ3) is 4.95. The number of halogens is 1. The molecule has 0 aromatic heterocycles. The Balaban J connectivity index is 2.21. The summed E-state index contributed by atoms with van der Waals surface area (Å²) in [5.41, 5.74) is 1.08. The van der Waals surface area contributed by atoms with E-state index in [-0.39, 0.29) is 6.42 Å². The van der Waals surface area contributed by atoms with Gasteiger partial charge in [0.15, 0.2) is 0 Å². The number of carboxylic acid groups (broad SMARTS) is 1. The van der Waals surface area contributed by atoms with E-state index in [0.29, 0.717) is 19.6 Å². The van der Waals surface area contributed by atoms with Crippen LogP contribution in [0.3, 0.4) is 0 Å². The van der Waals surface area contributed by atoms with Crippen LogP contribution in [0.1, 0.15) is 18.4 Å². The van der Waals surface area contributed by atoms with Crippen LogP contribution in [0.2, 0.25) is 0 Å². The molecular weight excluding hydrogens is 260 g/mol. The van der Waals surface area contributed by atoms with Gasteiger partial charge in [-0.25, -0.2) is 0 Å². The molecule has 4 heteroatoms. The summed E-state index contributed by atoms with van der Waals surface area (Å²) in [5, 5.41) is 8.41. The molecule has 3 nitrogen and oxygen atoms in total. The molecule has 0 saturated carbocycles. The normalized spacial score (nSPS) is 10.2. The Morgan fingerprint density at radius 2 is 2.13 bits per heavy atom. The number of hydrogen-bond donors (Lipinski definition) is 1. The summed E-state index contributed by atoms with van der Waals surface area (Å²) in [4.78, 5) is 10.2. The molecule has 1 N–H and O–H groups in total. The monoisotopic (exact) mass is 272 g/mol. The van der Waals surface area contributed by atoms with E-state index in [9.17, 15) is 4.79 Å². The van der Waals surface area contributed by atoms with E-state index in [1.807, 2.05) is 24.3 Å². The Bertz CT molecular complexity index is 325. The average Bonchev–Trinajstić information content (AvgIpc) is 2.20. The topological polar surface area (TPSA) is 46.5 Å². The number of aliphatic carboxylic acids is 1. The van der Waals surface area contributed by atoms with Crippen LogP contribution in [0.15, 0.2) is 28.7 Å². The first kappa shape index (κ1) is 12.2. The summed E-state index contributed by atoms with van der Waals surface area (Å²) in [6, 6.07) is 7.82. The van der Waals surface area contributed by atoms with E-state index < -0.39 is 5.97 Å². The molecule has 0 saturated heterocycles. The average molecular weight is 273 g/mol. The Kier molecular flexibility index (Phi) is 5.36. The molecule has 0 bridgehead atoms. The molecule has 82 valence electrons. The Morgan fingerprint density at radius 1 is 1.40 bits per heavy atom. The molecule has 15 heavy (non-hydrogen) atoms. The summed E-state index contributed by atoms with van der Waals surface area (Å²) in [6.45, 7) is 0.995. The summed E-state index contributed by atoms with van der Waals surface area (Å²) >= 11 is 3.41. The second-order valence-electron chi connectivity index (χ2n) is 3.14. The van der Waals surface area contributed by atoms with E-state index in [1.165, 1.54) is 0 Å². The minimum absolute atomic E-state index is 0.163. The van der Waals surface area contributed by atoms with Crippen molar-refractivity contribution in [1.82, 2.24) is 0 Å². The van der Waals surface area contributed by atoms with E-state index in [4.69, 9.17) is 9.84 Å². The van der Waals surface area contributed by atoms with E-state index in [0.717, 1.165) is 10.0 Å². The van der Waals surface area contributed by atoms with Crippen molar-refractivity contribution < 1.29 is 14.6 Å². The van der Waals surface area contributed by atoms with Gasteiger partial charge in [0.05, 0.1) is 6.61 Å². The number of carboxylic acids is 1. The van der Waals surface area contributed by atoms with Gasteiger partial charge in [0.25, 0.3) is 0 Å². The molecule has 1 aromatic carbocycles. The maximum atomic E-state index is 10.2. The van der Waals surface area contributed by atoms with Gasteiger partial charge in [0.2, 0.25) is 0 Å². The lowest BCUT2D eigenvalue weighted by Crippen LogP contribution is -2.00. The van der Waals surface area contributed by atoms with E-state index in [2.05, 4.69) is 15.9 Å². The lowest BCUT2D eigenvalue weighted by Gasteiger charge is -2.05. The van der Waals surface area contributed by atoms with Crippen LogP contribution in [0.5, 0.6) is 0 Å². The number of benzene rings is 1. The highest BCUT2D eigenvalue weighted by Crippen LogP contribution is 2.16. The molecule has 0 aliphatic carbocycles. The van der Waals surface area contributed by atoms with Gasteiger partial charge in [-0.2, -0.15) is 0 Å². The van der Waals surface area contributed by atoms with Crippen LogP contribution in [0, 0.1) is 0 Å². The van der Waals surface area contributed by atoms with Gasteiger partial charge in [-0.15, -0.1) is 0 Å². The Morgan fingerprint density at radius 3 is 2.80 bits per heavy atom. The first-order chi connectivity index (χ1) is 7.20. The molecule has 1 aromatic rings. The minimum Gasteiger partial charge on any atom is -0.481 e. The molecule has 0 amide bonds. The standard InChI is InChI=1S/C11H13BrO3/c12-10-5-2-1-4-9(10)8-15-7-3-6-11(13)14/h1-2,4-5H,3,6-8H2,(H,13,14). The van der Waals surface area contributed by atoms with Crippen molar-refractivity contribution in [2.24, 2.45) is 0 Å². The highest BCUT2D eigenvalue weighted by Gasteiger charge is 1.99. The fourth-order valence-electron chi connectivity index (χ4n) is 1.12. The molecule has 0 atom stereocenters. The van der Waals surface area contributed by atoms with Crippen molar-refractivity contribution in [1.29, 1.82) is 0 Å². The van der Waals surface area contributed by atoms with Gasteiger partial charge >= 0.3 is 5.97 Å². The van der Waals surface area contributed by atoms with Crippen LogP contribution in [-0.4, -0.2) is 17.7 Å². The summed E-state index contributed by atoms with van der Waals surface area (Å²) in [7, 11) is 0. The van der Waals surface area contributed by atoms with Crippen molar-refractivity contribution >= 4 is 21.9 Å². The van der Waals surface area contributed by atoms with Gasteiger partial charge in [0, 0.05) is 17.5 Å². The fourth-order valence-corrected chi connectivity index (χ4v) is 1.52. The SMILES string of the molecule is O=C(O)CCCOCc1ccccc1Br. The van der Waals surface area contributed by atoms with Gasteiger partial charge in [-0.3, -0.25) is 4.79 Å². The highest BCUT2D eigenvalue weighted by molar-refractivity contribution is 9.10. The predicted octanol–water partition coefficient (Wildman–Crippen LogP) is 2.83. The lowest BCUT2D eigenvalue weighted by molar-refractivity contribution is -0.137. The largest absolute Gasteiger partial charge is 0.481 e. The second-order valence-corrected chi connectivity index (χ2v) is 4.00. The molecule has 0 aliphatic rings. The fraction of sp³-hybridized carbons (Fsp3) is 0.364. The molecular formula is C11H13BrO3. The number of hydrogen-bond acceptors (Lipinski definition) is 2. The van der Waals surface area contributed by atoms with E-state index in [1.54, 1.807) is 0 Å². The van der Waals surface area contributed by atoms with Gasteiger partial charge < -0.3 is 9.84 Å². The van der Waals surface area contributed by atoms with Crippen LogP contribution in [0.25, 0.3) is 0 Å². The number of ether oxygens (including phenoxy) is 1. The zero-order valence-electron chi connectivity index (χ0n) is 8.28. The lowest BCUT2D eigenvalue weighted by atomic mass is 10.2. The summed E-state index contributed by atoms with van der Waals surface area (Å²) < 4.78 is 6.37. The van der Waals surface area contributed by atoms with Crippen molar-refractivity contribution in [2.75, 3.05) is 6.61 Å². The number of carbonyl (C=O) groups is 1. The first-order valence-corrected chi connectivity index (χ1v) is 5.52. The van der Waals surface area contributed by atoms with Crippen LogP contribution in [-0.2, 0) is 16.1 Å². The van der Waals surface area contributed by atoms with Crippen LogP contribution in [0.4, 0.5) is 0 Å². The van der Waals surface area contributed by atoms with Crippen molar-refractivity contribution in [2.45, 2.75) is 19.4 Å². The van der Waals surface area contributed by atoms with Crippen LogP contribution < -0.4 is 0 Å². The highest BCUT2D eigenvalue weighted by atomic mass is 79.9. The van der Waals surface area contributed by atoms with Gasteiger partial charge in [0.1, 0.15) is 0 Å². The maximum Gasteiger partial charge on any atom is 0.303 e. The number of rotatable bonds is 6. The summed E-state index contributed by atoms with van der Waals surface area (Å²) in [5.74, 6) is -0.778. The first-order valence-electron chi connectivity index (χ1n) is 4.73. The molecule has 0 heterocycles. The van der Waals surface area contributed by atoms with Crippen molar-refractivity contribution in [3.63, 3.8) is 0 Å². The van der Waals surface area contributed by atoms with Crippen LogP contribution >= 0.6 is 15.9 Å². The second kappa shape index (κ2) is 6.58. The van der Waals surface area contributed by atoms with Crippen molar-refractivity contribution in [3.8, 4) is 0 Å². The van der Waals surface area contributed by atoms with E-state index >= 15 is 0 Å². The third-order valence-corrected chi connectivity index (χ3v) is 2.67.